The summed E-state index contributed by atoms with van der Waals surface area (Å²) in [6.07, 6.45) is 11.9. The van der Waals surface area contributed by atoms with Crippen molar-refractivity contribution in [3.63, 3.8) is 0 Å². The number of amidine groups is 1. The molecule has 0 amide bonds. The molecular weight excluding hydrogens is 322 g/mol. The van der Waals surface area contributed by atoms with Gasteiger partial charge in [0, 0.05) is 6.42 Å². The lowest BCUT2D eigenvalue weighted by Gasteiger charge is -2.20. The van der Waals surface area contributed by atoms with E-state index in [0.717, 1.165) is 29.8 Å². The smallest absolute Gasteiger partial charge is 0.269 e. The number of H-pyrrole nitrogens is 2. The summed E-state index contributed by atoms with van der Waals surface area (Å²) in [6.45, 7) is 3.25. The number of aliphatic imine (C=N–C) groups is 1. The highest BCUT2D eigenvalue weighted by Gasteiger charge is 2.21. The molecule has 2 rings (SSSR count). The van der Waals surface area contributed by atoms with Gasteiger partial charge in [0.05, 0.1) is 13.1 Å². The number of unbranched alkanes of at least 4 members (excludes halogenated alkanes) is 8. The predicted molar refractivity (Wildman–Crippen MR) is 99.2 cm³/mol. The van der Waals surface area contributed by atoms with Crippen molar-refractivity contribution in [3.8, 4) is 0 Å². The highest BCUT2D eigenvalue weighted by atomic mass is 16.2. The standard InChI is InChI=1S/C17H29N5O3/c1-2-3-4-5-6-7-8-9-10-11-14-18-12-13-21(14)22-16(24)19-15(23)20-17(22)25/h2-13H2,1H3,(H2,19,20,23,24,25). The highest BCUT2D eigenvalue weighted by molar-refractivity contribution is 5.92. The van der Waals surface area contributed by atoms with Crippen LogP contribution in [0.2, 0.25) is 0 Å². The second-order valence-electron chi connectivity index (χ2n) is 6.50. The summed E-state index contributed by atoms with van der Waals surface area (Å²) in [6, 6.07) is 0. The largest absolute Gasteiger partial charge is 0.353 e. The molecule has 0 bridgehead atoms. The van der Waals surface area contributed by atoms with Gasteiger partial charge in [0.2, 0.25) is 0 Å². The summed E-state index contributed by atoms with van der Waals surface area (Å²) in [5.74, 6) is 0.739. The lowest BCUT2D eigenvalue weighted by molar-refractivity contribution is 0.566. The Bertz CT molecular complexity index is 697. The molecule has 1 aliphatic rings. The van der Waals surface area contributed by atoms with Crippen molar-refractivity contribution >= 4 is 5.84 Å². The Hall–Kier alpha value is -2.12. The second-order valence-corrected chi connectivity index (χ2v) is 6.50. The monoisotopic (exact) mass is 351 g/mol. The third-order valence-electron chi connectivity index (χ3n) is 4.48. The molecule has 8 nitrogen and oxygen atoms in total. The Morgan fingerprint density at radius 2 is 1.44 bits per heavy atom. The average molecular weight is 351 g/mol. The van der Waals surface area contributed by atoms with Crippen molar-refractivity contribution in [3.05, 3.63) is 31.5 Å². The predicted octanol–water partition coefficient (Wildman–Crippen LogP) is 1.50. The van der Waals surface area contributed by atoms with Crippen LogP contribution >= 0.6 is 0 Å². The van der Waals surface area contributed by atoms with Crippen molar-refractivity contribution < 1.29 is 0 Å². The minimum atomic E-state index is -0.789. The van der Waals surface area contributed by atoms with Crippen LogP contribution < -0.4 is 22.1 Å². The lowest BCUT2D eigenvalue weighted by atomic mass is 10.1. The molecule has 0 spiro atoms. The Balaban J connectivity index is 1.77. The number of aromatic nitrogens is 3. The zero-order chi connectivity index (χ0) is 18.1. The van der Waals surface area contributed by atoms with Gasteiger partial charge in [-0.2, -0.15) is 0 Å². The van der Waals surface area contributed by atoms with Gasteiger partial charge in [0.1, 0.15) is 5.84 Å². The molecule has 0 aromatic carbocycles. The Morgan fingerprint density at radius 3 is 2.04 bits per heavy atom. The van der Waals surface area contributed by atoms with Crippen molar-refractivity contribution in [2.75, 3.05) is 18.1 Å². The summed E-state index contributed by atoms with van der Waals surface area (Å²) in [7, 11) is 0. The third kappa shape index (κ3) is 5.72. The zero-order valence-electron chi connectivity index (χ0n) is 15.1. The van der Waals surface area contributed by atoms with Gasteiger partial charge in [-0.1, -0.05) is 58.3 Å². The Labute approximate surface area is 147 Å². The van der Waals surface area contributed by atoms with Crippen LogP contribution in [0.15, 0.2) is 19.4 Å². The summed E-state index contributed by atoms with van der Waals surface area (Å²) in [4.78, 5) is 43.5. The fraction of sp³-hybridized carbons (Fsp3) is 0.765. The van der Waals surface area contributed by atoms with Gasteiger partial charge in [-0.05, 0) is 6.42 Å². The topological polar surface area (TPSA) is 103 Å². The number of hydrogen-bond acceptors (Lipinski definition) is 5. The number of hydrogen-bond donors (Lipinski definition) is 2. The van der Waals surface area contributed by atoms with Gasteiger partial charge >= 0.3 is 17.1 Å². The van der Waals surface area contributed by atoms with E-state index in [4.69, 9.17) is 0 Å². The summed E-state index contributed by atoms with van der Waals surface area (Å²) in [5, 5.41) is 1.57. The second kappa shape index (κ2) is 10.0. The van der Waals surface area contributed by atoms with E-state index in [9.17, 15) is 14.4 Å². The fourth-order valence-electron chi connectivity index (χ4n) is 3.14. The summed E-state index contributed by atoms with van der Waals surface area (Å²) >= 11 is 0. The first kappa shape index (κ1) is 19.2. The van der Waals surface area contributed by atoms with Crippen LogP contribution in [0.5, 0.6) is 0 Å². The maximum atomic E-state index is 11.9. The lowest BCUT2D eigenvalue weighted by Crippen LogP contribution is -2.55. The van der Waals surface area contributed by atoms with Gasteiger partial charge in [-0.25, -0.2) is 14.4 Å². The van der Waals surface area contributed by atoms with E-state index < -0.39 is 17.1 Å². The molecule has 0 atom stereocenters. The molecule has 25 heavy (non-hydrogen) atoms. The van der Waals surface area contributed by atoms with Crippen LogP contribution in [0.1, 0.15) is 71.1 Å². The third-order valence-corrected chi connectivity index (χ3v) is 4.48. The number of nitrogens with zero attached hydrogens (tertiary/aromatic N) is 3. The molecule has 1 aliphatic heterocycles. The maximum Gasteiger partial charge on any atom is 0.353 e. The van der Waals surface area contributed by atoms with Crippen molar-refractivity contribution in [1.82, 2.24) is 14.6 Å². The summed E-state index contributed by atoms with van der Waals surface area (Å²) in [5.41, 5.74) is -2.24. The quantitative estimate of drug-likeness (QED) is 0.590. The molecule has 1 aromatic rings. The van der Waals surface area contributed by atoms with Crippen LogP contribution in [0.25, 0.3) is 0 Å². The molecule has 8 heteroatoms. The van der Waals surface area contributed by atoms with Crippen LogP contribution in [0.4, 0.5) is 0 Å². The van der Waals surface area contributed by atoms with E-state index in [1.54, 1.807) is 5.01 Å². The first-order chi connectivity index (χ1) is 12.1. The van der Waals surface area contributed by atoms with Crippen molar-refractivity contribution in [1.29, 1.82) is 0 Å². The van der Waals surface area contributed by atoms with E-state index in [1.807, 2.05) is 0 Å². The molecule has 2 N–H and O–H groups in total. The minimum absolute atomic E-state index is 0.474. The van der Waals surface area contributed by atoms with E-state index in [1.165, 1.54) is 44.9 Å². The molecule has 140 valence electrons. The molecular formula is C17H29N5O3. The average Bonchev–Trinajstić information content (AvgIpc) is 3.00. The highest BCUT2D eigenvalue weighted by Crippen LogP contribution is 2.12. The normalized spacial score (nSPS) is 14.1. The van der Waals surface area contributed by atoms with Crippen molar-refractivity contribution in [2.45, 2.75) is 71.1 Å². The SMILES string of the molecule is CCCCCCCCCCCC1=NCCN1n1c(=O)[nH]c(=O)[nH]c1=O. The van der Waals surface area contributed by atoms with E-state index in [2.05, 4.69) is 21.9 Å². The van der Waals surface area contributed by atoms with E-state index >= 15 is 0 Å². The maximum absolute atomic E-state index is 11.9. The van der Waals surface area contributed by atoms with Crippen LogP contribution in [0.3, 0.4) is 0 Å². The van der Waals surface area contributed by atoms with Gasteiger partial charge in [0.15, 0.2) is 0 Å². The summed E-state index contributed by atoms with van der Waals surface area (Å²) < 4.78 is 0.932. The molecule has 0 saturated heterocycles. The van der Waals surface area contributed by atoms with Crippen LogP contribution in [0, 0.1) is 0 Å². The van der Waals surface area contributed by atoms with E-state index in [0.29, 0.717) is 13.1 Å². The Morgan fingerprint density at radius 1 is 0.880 bits per heavy atom. The van der Waals surface area contributed by atoms with Crippen molar-refractivity contribution in [2.24, 2.45) is 4.99 Å². The molecule has 2 heterocycles. The molecule has 0 unspecified atom stereocenters. The van der Waals surface area contributed by atoms with E-state index in [-0.39, 0.29) is 0 Å². The molecule has 0 fully saturated rings. The van der Waals surface area contributed by atoms with Crippen LogP contribution in [-0.4, -0.2) is 33.6 Å². The first-order valence-corrected chi connectivity index (χ1v) is 9.40. The molecule has 0 radical (unpaired) electrons. The van der Waals surface area contributed by atoms with Gasteiger partial charge in [-0.3, -0.25) is 20.0 Å². The van der Waals surface area contributed by atoms with Crippen LogP contribution in [-0.2, 0) is 0 Å². The molecule has 1 aromatic heterocycles. The first-order valence-electron chi connectivity index (χ1n) is 9.40. The number of nitrogens with one attached hydrogen (secondary N) is 2. The number of aromatic amines is 2. The minimum Gasteiger partial charge on any atom is -0.269 e. The fourth-order valence-corrected chi connectivity index (χ4v) is 3.14. The number of rotatable bonds is 11. The van der Waals surface area contributed by atoms with Gasteiger partial charge in [-0.15, -0.1) is 4.68 Å². The van der Waals surface area contributed by atoms with Gasteiger partial charge in [0.25, 0.3) is 0 Å². The zero-order valence-corrected chi connectivity index (χ0v) is 15.1. The molecule has 0 aliphatic carbocycles. The van der Waals surface area contributed by atoms with Gasteiger partial charge < -0.3 is 0 Å². The molecule has 0 saturated carbocycles. The Kier molecular flexibility index (Phi) is 7.69.